The van der Waals surface area contributed by atoms with Crippen molar-refractivity contribution in [3.05, 3.63) is 34.9 Å². The second kappa shape index (κ2) is 5.45. The summed E-state index contributed by atoms with van der Waals surface area (Å²) in [6, 6.07) is 5.39. The van der Waals surface area contributed by atoms with E-state index < -0.39 is 11.8 Å². The Morgan fingerprint density at radius 3 is 2.20 bits per heavy atom. The van der Waals surface area contributed by atoms with Crippen LogP contribution in [0.2, 0.25) is 0 Å². The molecule has 84 valence electrons. The molecule has 1 unspecified atom stereocenters. The molecule has 0 fully saturated rings. The fourth-order valence-electron chi connectivity index (χ4n) is 1.64. The van der Waals surface area contributed by atoms with Gasteiger partial charge in [-0.05, 0) is 29.5 Å². The molecular formula is C12H15ClF2. The van der Waals surface area contributed by atoms with E-state index in [1.54, 1.807) is 12.1 Å². The zero-order valence-electron chi connectivity index (χ0n) is 8.93. The minimum atomic E-state index is -2.51. The molecule has 0 N–H and O–H groups in total. The molecule has 0 aliphatic heterocycles. The summed E-state index contributed by atoms with van der Waals surface area (Å²) < 4.78 is 24.8. The maximum absolute atomic E-state index is 12.4. The van der Waals surface area contributed by atoms with Crippen molar-refractivity contribution in [3.8, 4) is 0 Å². The zero-order valence-corrected chi connectivity index (χ0v) is 9.69. The first-order valence-corrected chi connectivity index (χ1v) is 5.57. The first-order valence-electron chi connectivity index (χ1n) is 5.14. The van der Waals surface area contributed by atoms with Crippen molar-refractivity contribution in [2.24, 2.45) is 0 Å². The number of hydrogen-bond donors (Lipinski definition) is 0. The molecule has 1 rings (SSSR count). The van der Waals surface area contributed by atoms with Crippen molar-refractivity contribution >= 4 is 11.6 Å². The van der Waals surface area contributed by atoms with Gasteiger partial charge in [0, 0.05) is 0 Å². The lowest BCUT2D eigenvalue weighted by Crippen LogP contribution is -2.03. The van der Waals surface area contributed by atoms with Gasteiger partial charge in [-0.1, -0.05) is 32.0 Å². The molecule has 0 aromatic heterocycles. The standard InChI is InChI=1S/C12H15ClF2/c1-3-8-5-6-10(7-9(8)4-2)11(13)12(14)15/h5-7,11-12H,3-4H2,1-2H3. The van der Waals surface area contributed by atoms with Crippen LogP contribution in [0.1, 0.15) is 35.9 Å². The van der Waals surface area contributed by atoms with E-state index in [4.69, 9.17) is 11.6 Å². The van der Waals surface area contributed by atoms with Crippen LogP contribution in [0.15, 0.2) is 18.2 Å². The van der Waals surface area contributed by atoms with Crippen LogP contribution in [0, 0.1) is 0 Å². The van der Waals surface area contributed by atoms with Crippen molar-refractivity contribution in [2.75, 3.05) is 0 Å². The number of benzene rings is 1. The Balaban J connectivity index is 3.02. The van der Waals surface area contributed by atoms with Crippen LogP contribution in [-0.4, -0.2) is 6.43 Å². The molecule has 0 heterocycles. The van der Waals surface area contributed by atoms with Crippen LogP contribution < -0.4 is 0 Å². The van der Waals surface area contributed by atoms with Crippen molar-refractivity contribution in [1.29, 1.82) is 0 Å². The van der Waals surface area contributed by atoms with Gasteiger partial charge in [-0.15, -0.1) is 11.6 Å². The quantitative estimate of drug-likeness (QED) is 0.677. The maximum Gasteiger partial charge on any atom is 0.258 e. The summed E-state index contributed by atoms with van der Waals surface area (Å²) in [4.78, 5) is 0. The molecule has 0 aliphatic carbocycles. The van der Waals surface area contributed by atoms with Crippen molar-refractivity contribution in [1.82, 2.24) is 0 Å². The number of rotatable bonds is 4. The molecular weight excluding hydrogens is 218 g/mol. The number of hydrogen-bond acceptors (Lipinski definition) is 0. The molecule has 0 saturated heterocycles. The van der Waals surface area contributed by atoms with Gasteiger partial charge in [0.05, 0.1) is 0 Å². The van der Waals surface area contributed by atoms with Gasteiger partial charge in [-0.2, -0.15) is 0 Å². The molecule has 0 bridgehead atoms. The van der Waals surface area contributed by atoms with Gasteiger partial charge >= 0.3 is 0 Å². The predicted octanol–water partition coefficient (Wildman–Crippen LogP) is 4.36. The summed E-state index contributed by atoms with van der Waals surface area (Å²) in [5, 5.41) is -1.19. The van der Waals surface area contributed by atoms with Crippen LogP contribution in [0.5, 0.6) is 0 Å². The number of alkyl halides is 3. The van der Waals surface area contributed by atoms with Gasteiger partial charge in [-0.25, -0.2) is 8.78 Å². The lowest BCUT2D eigenvalue weighted by Gasteiger charge is -2.12. The predicted molar refractivity (Wildman–Crippen MR) is 59.8 cm³/mol. The third-order valence-electron chi connectivity index (χ3n) is 2.53. The fourth-order valence-corrected chi connectivity index (χ4v) is 1.77. The Morgan fingerprint density at radius 1 is 1.13 bits per heavy atom. The number of halogens is 3. The van der Waals surface area contributed by atoms with Gasteiger partial charge in [-0.3, -0.25) is 0 Å². The van der Waals surface area contributed by atoms with Gasteiger partial charge in [0.25, 0.3) is 6.43 Å². The summed E-state index contributed by atoms with van der Waals surface area (Å²) in [6.45, 7) is 4.07. The van der Waals surface area contributed by atoms with Crippen molar-refractivity contribution in [2.45, 2.75) is 38.5 Å². The molecule has 1 aromatic rings. The summed E-state index contributed by atoms with van der Waals surface area (Å²) in [5.41, 5.74) is 2.83. The first kappa shape index (κ1) is 12.4. The van der Waals surface area contributed by atoms with Crippen LogP contribution >= 0.6 is 11.6 Å². The second-order valence-electron chi connectivity index (χ2n) is 3.47. The van der Waals surface area contributed by atoms with Crippen LogP contribution in [0.25, 0.3) is 0 Å². The smallest absolute Gasteiger partial charge is 0.208 e. The van der Waals surface area contributed by atoms with E-state index in [0.717, 1.165) is 18.4 Å². The fraction of sp³-hybridized carbons (Fsp3) is 0.500. The highest BCUT2D eigenvalue weighted by atomic mass is 35.5. The van der Waals surface area contributed by atoms with E-state index in [-0.39, 0.29) is 0 Å². The number of aryl methyl sites for hydroxylation is 2. The van der Waals surface area contributed by atoms with Gasteiger partial charge < -0.3 is 0 Å². The van der Waals surface area contributed by atoms with Crippen LogP contribution in [0.4, 0.5) is 8.78 Å². The Labute approximate surface area is 94.3 Å². The van der Waals surface area contributed by atoms with Gasteiger partial charge in [0.2, 0.25) is 0 Å². The first-order chi connectivity index (χ1) is 7.10. The Bertz CT molecular complexity index is 323. The summed E-state index contributed by atoms with van der Waals surface area (Å²) >= 11 is 5.62. The third kappa shape index (κ3) is 2.91. The Hall–Kier alpha value is -0.630. The van der Waals surface area contributed by atoms with Crippen LogP contribution in [-0.2, 0) is 12.8 Å². The van der Waals surface area contributed by atoms with E-state index >= 15 is 0 Å². The third-order valence-corrected chi connectivity index (χ3v) is 2.97. The zero-order chi connectivity index (χ0) is 11.4. The molecule has 0 amide bonds. The molecule has 15 heavy (non-hydrogen) atoms. The SMILES string of the molecule is CCc1ccc(C(Cl)C(F)F)cc1CC. The molecule has 3 heteroatoms. The average molecular weight is 233 g/mol. The lowest BCUT2D eigenvalue weighted by atomic mass is 9.99. The summed E-state index contributed by atoms with van der Waals surface area (Å²) in [6.07, 6.45) is -0.738. The normalized spacial score (nSPS) is 13.2. The average Bonchev–Trinajstić information content (AvgIpc) is 2.26. The highest BCUT2D eigenvalue weighted by Gasteiger charge is 2.19. The van der Waals surface area contributed by atoms with Crippen molar-refractivity contribution in [3.63, 3.8) is 0 Å². The van der Waals surface area contributed by atoms with E-state index in [0.29, 0.717) is 5.56 Å². The Kier molecular flexibility index (Phi) is 4.52. The topological polar surface area (TPSA) is 0 Å². The second-order valence-corrected chi connectivity index (χ2v) is 3.94. The molecule has 0 radical (unpaired) electrons. The lowest BCUT2D eigenvalue weighted by molar-refractivity contribution is 0.143. The summed E-state index contributed by atoms with van der Waals surface area (Å²) in [5.74, 6) is 0. The Morgan fingerprint density at radius 2 is 1.73 bits per heavy atom. The molecule has 1 aromatic carbocycles. The van der Waals surface area contributed by atoms with E-state index in [1.807, 2.05) is 13.0 Å². The van der Waals surface area contributed by atoms with E-state index in [9.17, 15) is 8.78 Å². The monoisotopic (exact) mass is 232 g/mol. The van der Waals surface area contributed by atoms with Crippen molar-refractivity contribution < 1.29 is 8.78 Å². The van der Waals surface area contributed by atoms with Gasteiger partial charge in [0.15, 0.2) is 0 Å². The largest absolute Gasteiger partial charge is 0.258 e. The maximum atomic E-state index is 12.4. The minimum absolute atomic E-state index is 0.515. The van der Waals surface area contributed by atoms with Crippen LogP contribution in [0.3, 0.4) is 0 Å². The molecule has 0 aliphatic rings. The summed E-state index contributed by atoms with van der Waals surface area (Å²) in [7, 11) is 0. The molecule has 1 atom stereocenters. The van der Waals surface area contributed by atoms with Gasteiger partial charge in [0.1, 0.15) is 5.38 Å². The highest BCUT2D eigenvalue weighted by molar-refractivity contribution is 6.21. The molecule has 0 spiro atoms. The van der Waals surface area contributed by atoms with E-state index in [2.05, 4.69) is 6.92 Å². The molecule has 0 nitrogen and oxygen atoms in total. The minimum Gasteiger partial charge on any atom is -0.208 e. The van der Waals surface area contributed by atoms with E-state index in [1.165, 1.54) is 5.56 Å². The molecule has 0 saturated carbocycles. The highest BCUT2D eigenvalue weighted by Crippen LogP contribution is 2.29.